The second-order valence-corrected chi connectivity index (χ2v) is 5.52. The van der Waals surface area contributed by atoms with Crippen LogP contribution in [0.5, 0.6) is 0 Å². The Morgan fingerprint density at radius 1 is 1.43 bits per heavy atom. The summed E-state index contributed by atoms with van der Waals surface area (Å²) >= 11 is 6.03. The molecule has 128 valence electrons. The average molecular weight is 452 g/mol. The summed E-state index contributed by atoms with van der Waals surface area (Å²) < 4.78 is 3.75. The quantitative estimate of drug-likeness (QED) is 0.429. The lowest BCUT2D eigenvalue weighted by Gasteiger charge is -2.22. The lowest BCUT2D eigenvalue weighted by atomic mass is 10.4. The van der Waals surface area contributed by atoms with Crippen molar-refractivity contribution in [1.29, 1.82) is 0 Å². The van der Waals surface area contributed by atoms with Crippen LogP contribution in [0.25, 0.3) is 0 Å². The Morgan fingerprint density at radius 2 is 2.17 bits per heavy atom. The standard InChI is InChI=1S/C14H22ClN7.HI/c1-5-16-14(17-7-13-18-10-19-22(13)4)21(3)9-12-6-11(15)8-20(12)2;/h6,8,10H,5,7,9H2,1-4H3,(H,16,17);1H. The molecular weight excluding hydrogens is 429 g/mol. The van der Waals surface area contributed by atoms with Gasteiger partial charge in [0.05, 0.1) is 11.6 Å². The molecule has 1 N–H and O–H groups in total. The predicted molar refractivity (Wildman–Crippen MR) is 103 cm³/mol. The van der Waals surface area contributed by atoms with Gasteiger partial charge in [0.1, 0.15) is 18.7 Å². The van der Waals surface area contributed by atoms with Crippen molar-refractivity contribution in [2.24, 2.45) is 19.1 Å². The van der Waals surface area contributed by atoms with E-state index in [0.29, 0.717) is 13.1 Å². The van der Waals surface area contributed by atoms with Crippen LogP contribution < -0.4 is 5.32 Å². The monoisotopic (exact) mass is 451 g/mol. The number of hydrogen-bond acceptors (Lipinski definition) is 3. The molecule has 9 heteroatoms. The molecule has 0 bridgehead atoms. The molecule has 0 aromatic carbocycles. The molecule has 0 spiro atoms. The number of rotatable bonds is 5. The van der Waals surface area contributed by atoms with E-state index in [0.717, 1.165) is 29.0 Å². The first-order valence-electron chi connectivity index (χ1n) is 7.14. The zero-order chi connectivity index (χ0) is 16.1. The highest BCUT2D eigenvalue weighted by Gasteiger charge is 2.10. The van der Waals surface area contributed by atoms with Crippen LogP contribution in [0.3, 0.4) is 0 Å². The van der Waals surface area contributed by atoms with Crippen LogP contribution in [-0.4, -0.2) is 43.8 Å². The van der Waals surface area contributed by atoms with E-state index >= 15 is 0 Å². The molecule has 7 nitrogen and oxygen atoms in total. The first-order valence-corrected chi connectivity index (χ1v) is 7.52. The van der Waals surface area contributed by atoms with Gasteiger partial charge in [0, 0.05) is 39.6 Å². The fraction of sp³-hybridized carbons (Fsp3) is 0.500. The van der Waals surface area contributed by atoms with Gasteiger partial charge in [-0.05, 0) is 13.0 Å². The number of aromatic nitrogens is 4. The zero-order valence-corrected chi connectivity index (χ0v) is 16.9. The molecule has 0 aliphatic rings. The Labute approximate surface area is 158 Å². The fourth-order valence-electron chi connectivity index (χ4n) is 2.12. The van der Waals surface area contributed by atoms with Gasteiger partial charge in [0.15, 0.2) is 5.96 Å². The van der Waals surface area contributed by atoms with E-state index < -0.39 is 0 Å². The van der Waals surface area contributed by atoms with Crippen LogP contribution in [0, 0.1) is 0 Å². The molecule has 0 saturated carbocycles. The summed E-state index contributed by atoms with van der Waals surface area (Å²) in [5.74, 6) is 1.65. The van der Waals surface area contributed by atoms with Crippen LogP contribution in [-0.2, 0) is 27.2 Å². The van der Waals surface area contributed by atoms with Crippen molar-refractivity contribution in [3.63, 3.8) is 0 Å². The Balaban J connectivity index is 0.00000264. The molecule has 23 heavy (non-hydrogen) atoms. The molecule has 0 radical (unpaired) electrons. The Morgan fingerprint density at radius 3 is 2.70 bits per heavy atom. The summed E-state index contributed by atoms with van der Waals surface area (Å²) in [4.78, 5) is 10.9. The summed E-state index contributed by atoms with van der Waals surface area (Å²) in [5.41, 5.74) is 1.12. The van der Waals surface area contributed by atoms with Crippen molar-refractivity contribution in [3.05, 3.63) is 35.1 Å². The van der Waals surface area contributed by atoms with Gasteiger partial charge in [-0.2, -0.15) is 5.10 Å². The molecule has 0 amide bonds. The Kier molecular flexibility index (Phi) is 7.83. The Hall–Kier alpha value is -1.29. The number of nitrogens with zero attached hydrogens (tertiary/aromatic N) is 6. The number of nitrogens with one attached hydrogen (secondary N) is 1. The van der Waals surface area contributed by atoms with Gasteiger partial charge in [-0.15, -0.1) is 24.0 Å². The predicted octanol–water partition coefficient (Wildman–Crippen LogP) is 2.02. The maximum atomic E-state index is 6.03. The number of aryl methyl sites for hydroxylation is 2. The van der Waals surface area contributed by atoms with Gasteiger partial charge >= 0.3 is 0 Å². The van der Waals surface area contributed by atoms with E-state index in [1.54, 1.807) is 4.68 Å². The molecule has 0 saturated heterocycles. The van der Waals surface area contributed by atoms with Crippen LogP contribution in [0.4, 0.5) is 0 Å². The van der Waals surface area contributed by atoms with Gasteiger partial charge in [-0.3, -0.25) is 4.68 Å². The molecule has 2 aromatic heterocycles. The van der Waals surface area contributed by atoms with Crippen LogP contribution >= 0.6 is 35.6 Å². The topological polar surface area (TPSA) is 63.3 Å². The molecule has 0 atom stereocenters. The van der Waals surface area contributed by atoms with E-state index in [1.165, 1.54) is 6.33 Å². The van der Waals surface area contributed by atoms with Crippen molar-refractivity contribution in [2.75, 3.05) is 13.6 Å². The summed E-state index contributed by atoms with van der Waals surface area (Å²) in [6, 6.07) is 1.96. The minimum Gasteiger partial charge on any atom is -0.357 e. The highest BCUT2D eigenvalue weighted by atomic mass is 127. The SMILES string of the molecule is CCNC(=NCc1ncnn1C)N(C)Cc1cc(Cl)cn1C.I. The van der Waals surface area contributed by atoms with Gasteiger partial charge < -0.3 is 14.8 Å². The largest absolute Gasteiger partial charge is 0.357 e. The normalized spacial score (nSPS) is 11.3. The lowest BCUT2D eigenvalue weighted by Crippen LogP contribution is -2.38. The van der Waals surface area contributed by atoms with E-state index in [1.807, 2.05) is 44.9 Å². The molecule has 2 aromatic rings. The van der Waals surface area contributed by atoms with Crippen LogP contribution in [0.15, 0.2) is 23.6 Å². The molecule has 2 rings (SSSR count). The molecule has 0 aliphatic carbocycles. The second-order valence-electron chi connectivity index (χ2n) is 5.09. The summed E-state index contributed by atoms with van der Waals surface area (Å²) in [7, 11) is 5.85. The number of hydrogen-bond donors (Lipinski definition) is 1. The number of aliphatic imine (C=N–C) groups is 1. The van der Waals surface area contributed by atoms with E-state index in [9.17, 15) is 0 Å². The summed E-state index contributed by atoms with van der Waals surface area (Å²) in [6.07, 6.45) is 3.43. The zero-order valence-electron chi connectivity index (χ0n) is 13.8. The Bertz CT molecular complexity index is 649. The van der Waals surface area contributed by atoms with Crippen molar-refractivity contribution >= 4 is 41.5 Å². The maximum Gasteiger partial charge on any atom is 0.194 e. The third-order valence-corrected chi connectivity index (χ3v) is 3.55. The van der Waals surface area contributed by atoms with Crippen molar-refractivity contribution in [3.8, 4) is 0 Å². The maximum absolute atomic E-state index is 6.03. The fourth-order valence-corrected chi connectivity index (χ4v) is 2.39. The highest BCUT2D eigenvalue weighted by molar-refractivity contribution is 14.0. The molecule has 2 heterocycles. The number of guanidine groups is 1. The third kappa shape index (κ3) is 5.38. The minimum absolute atomic E-state index is 0. The van der Waals surface area contributed by atoms with E-state index in [2.05, 4.69) is 25.3 Å². The van der Waals surface area contributed by atoms with Gasteiger partial charge in [0.2, 0.25) is 0 Å². The minimum atomic E-state index is 0. The smallest absolute Gasteiger partial charge is 0.194 e. The number of halogens is 2. The average Bonchev–Trinajstić information content (AvgIpc) is 3.00. The highest BCUT2D eigenvalue weighted by Crippen LogP contribution is 2.14. The van der Waals surface area contributed by atoms with Crippen molar-refractivity contribution in [1.82, 2.24) is 29.5 Å². The molecular formula is C14H23ClIN7. The van der Waals surface area contributed by atoms with E-state index in [-0.39, 0.29) is 24.0 Å². The lowest BCUT2D eigenvalue weighted by molar-refractivity contribution is 0.461. The first-order chi connectivity index (χ1) is 10.5. The van der Waals surface area contributed by atoms with Gasteiger partial charge in [-0.1, -0.05) is 11.6 Å². The van der Waals surface area contributed by atoms with Gasteiger partial charge in [0.25, 0.3) is 0 Å². The van der Waals surface area contributed by atoms with Crippen molar-refractivity contribution in [2.45, 2.75) is 20.0 Å². The van der Waals surface area contributed by atoms with Gasteiger partial charge in [-0.25, -0.2) is 9.98 Å². The molecule has 0 aliphatic heterocycles. The second kappa shape index (κ2) is 9.11. The summed E-state index contributed by atoms with van der Waals surface area (Å²) in [6.45, 7) is 4.05. The third-order valence-electron chi connectivity index (χ3n) is 3.35. The van der Waals surface area contributed by atoms with Crippen LogP contribution in [0.1, 0.15) is 18.4 Å². The molecule has 0 fully saturated rings. The van der Waals surface area contributed by atoms with Crippen LogP contribution in [0.2, 0.25) is 5.02 Å². The molecule has 0 unspecified atom stereocenters. The van der Waals surface area contributed by atoms with E-state index in [4.69, 9.17) is 11.6 Å². The first kappa shape index (κ1) is 19.8. The van der Waals surface area contributed by atoms with Crippen molar-refractivity contribution < 1.29 is 0 Å². The summed E-state index contributed by atoms with van der Waals surface area (Å²) in [5, 5.41) is 8.08.